The van der Waals surface area contributed by atoms with Crippen LogP contribution in [-0.2, 0) is 0 Å². The number of hydrogen-bond acceptors (Lipinski definition) is 3. The van der Waals surface area contributed by atoms with E-state index >= 15 is 0 Å². The third-order valence-electron chi connectivity index (χ3n) is 1.92. The molecule has 0 bridgehead atoms. The van der Waals surface area contributed by atoms with Gasteiger partial charge in [-0.15, -0.1) is 0 Å². The summed E-state index contributed by atoms with van der Waals surface area (Å²) in [6.45, 7) is 0. The molecule has 80 valence electrons. The summed E-state index contributed by atoms with van der Waals surface area (Å²) in [4.78, 5) is 11.4. The van der Waals surface area contributed by atoms with Gasteiger partial charge in [-0.05, 0) is 11.6 Å². The van der Waals surface area contributed by atoms with Crippen LogP contribution in [0.5, 0.6) is 0 Å². The van der Waals surface area contributed by atoms with E-state index in [9.17, 15) is 4.79 Å². The molecule has 2 N–H and O–H groups in total. The molecule has 0 aliphatic carbocycles. The molecule has 1 amide bonds. The molecule has 0 unspecified atom stereocenters. The number of nitrogens with one attached hydrogen (secondary N) is 2. The summed E-state index contributed by atoms with van der Waals surface area (Å²) < 4.78 is 0. The molecule has 5 heteroatoms. The summed E-state index contributed by atoms with van der Waals surface area (Å²) in [5, 5.41) is 10.0. The molecule has 5 nitrogen and oxygen atoms in total. The van der Waals surface area contributed by atoms with Crippen LogP contribution in [0, 0.1) is 0 Å². The Kier molecular flexibility index (Phi) is 3.08. The molecule has 0 saturated heterocycles. The van der Waals surface area contributed by atoms with E-state index in [0.29, 0.717) is 5.69 Å². The second kappa shape index (κ2) is 4.88. The van der Waals surface area contributed by atoms with E-state index in [0.717, 1.165) is 5.56 Å². The summed E-state index contributed by atoms with van der Waals surface area (Å²) in [6.07, 6.45) is 3.09. The van der Waals surface area contributed by atoms with Gasteiger partial charge < -0.3 is 0 Å². The number of amides is 1. The van der Waals surface area contributed by atoms with Gasteiger partial charge in [0.2, 0.25) is 0 Å². The van der Waals surface area contributed by atoms with E-state index in [4.69, 9.17) is 0 Å². The topological polar surface area (TPSA) is 70.1 Å². The van der Waals surface area contributed by atoms with Crippen LogP contribution in [0.3, 0.4) is 0 Å². The smallest absolute Gasteiger partial charge is 0.273 e. The summed E-state index contributed by atoms with van der Waals surface area (Å²) >= 11 is 0. The Balaban J connectivity index is 1.93. The Hall–Kier alpha value is -2.43. The maximum absolute atomic E-state index is 11.4. The van der Waals surface area contributed by atoms with Crippen LogP contribution in [0.4, 0.5) is 0 Å². The highest BCUT2D eigenvalue weighted by molar-refractivity contribution is 5.92. The average molecular weight is 214 g/mol. The third-order valence-corrected chi connectivity index (χ3v) is 1.92. The molecule has 1 aromatic carbocycles. The fourth-order valence-electron chi connectivity index (χ4n) is 1.15. The molecule has 0 spiro atoms. The molecule has 0 saturated carbocycles. The van der Waals surface area contributed by atoms with E-state index in [2.05, 4.69) is 20.7 Å². The first-order valence-electron chi connectivity index (χ1n) is 4.74. The van der Waals surface area contributed by atoms with Gasteiger partial charge in [-0.3, -0.25) is 9.89 Å². The number of aromatic amines is 1. The Bertz CT molecular complexity index is 476. The van der Waals surface area contributed by atoms with E-state index in [1.807, 2.05) is 30.3 Å². The second-order valence-corrected chi connectivity index (χ2v) is 3.08. The summed E-state index contributed by atoms with van der Waals surface area (Å²) in [5.74, 6) is -0.315. The number of benzene rings is 1. The highest BCUT2D eigenvalue weighted by Gasteiger charge is 2.03. The molecular weight excluding hydrogens is 204 g/mol. The summed E-state index contributed by atoms with van der Waals surface area (Å²) in [6, 6.07) is 11.1. The Morgan fingerprint density at radius 3 is 2.81 bits per heavy atom. The molecule has 0 aliphatic rings. The fraction of sp³-hybridized carbons (Fsp3) is 0. The standard InChI is InChI=1S/C11H10N4O/c16-11(10-6-7-12-14-10)15-13-8-9-4-2-1-3-5-9/h1-8H,(H,12,14)(H,15,16)/b13-8-. The Morgan fingerprint density at radius 2 is 2.12 bits per heavy atom. The van der Waals surface area contributed by atoms with Gasteiger partial charge in [-0.2, -0.15) is 10.2 Å². The van der Waals surface area contributed by atoms with Crippen molar-refractivity contribution in [3.05, 3.63) is 53.9 Å². The van der Waals surface area contributed by atoms with E-state index in [1.54, 1.807) is 12.3 Å². The zero-order chi connectivity index (χ0) is 11.2. The van der Waals surface area contributed by atoms with Crippen molar-refractivity contribution >= 4 is 12.1 Å². The number of hydrogen-bond donors (Lipinski definition) is 2. The zero-order valence-electron chi connectivity index (χ0n) is 8.42. The maximum atomic E-state index is 11.4. The van der Waals surface area contributed by atoms with Gasteiger partial charge >= 0.3 is 0 Å². The van der Waals surface area contributed by atoms with Crippen molar-refractivity contribution in [1.82, 2.24) is 15.6 Å². The fourth-order valence-corrected chi connectivity index (χ4v) is 1.15. The first kappa shape index (κ1) is 10.1. The minimum Gasteiger partial charge on any atom is -0.273 e. The van der Waals surface area contributed by atoms with Crippen molar-refractivity contribution in [3.63, 3.8) is 0 Å². The average Bonchev–Trinajstić information content (AvgIpc) is 2.84. The monoisotopic (exact) mass is 214 g/mol. The molecule has 0 atom stereocenters. The summed E-state index contributed by atoms with van der Waals surface area (Å²) in [7, 11) is 0. The number of carbonyl (C=O) groups excluding carboxylic acids is 1. The van der Waals surface area contributed by atoms with Crippen molar-refractivity contribution in [3.8, 4) is 0 Å². The van der Waals surface area contributed by atoms with Crippen LogP contribution < -0.4 is 5.43 Å². The van der Waals surface area contributed by atoms with Crippen LogP contribution in [0.1, 0.15) is 16.1 Å². The van der Waals surface area contributed by atoms with Crippen molar-refractivity contribution in [2.45, 2.75) is 0 Å². The molecule has 0 radical (unpaired) electrons. The Morgan fingerprint density at radius 1 is 1.31 bits per heavy atom. The first-order valence-corrected chi connectivity index (χ1v) is 4.74. The van der Waals surface area contributed by atoms with Crippen LogP contribution in [0.2, 0.25) is 0 Å². The normalized spacial score (nSPS) is 10.5. The van der Waals surface area contributed by atoms with Crippen LogP contribution in [-0.4, -0.2) is 22.3 Å². The van der Waals surface area contributed by atoms with Crippen molar-refractivity contribution < 1.29 is 4.79 Å². The number of carbonyl (C=O) groups is 1. The highest BCUT2D eigenvalue weighted by atomic mass is 16.2. The lowest BCUT2D eigenvalue weighted by molar-refractivity contribution is 0.0950. The summed E-state index contributed by atoms with van der Waals surface area (Å²) in [5.41, 5.74) is 3.70. The second-order valence-electron chi connectivity index (χ2n) is 3.08. The van der Waals surface area contributed by atoms with Crippen LogP contribution in [0.25, 0.3) is 0 Å². The van der Waals surface area contributed by atoms with Crippen LogP contribution >= 0.6 is 0 Å². The van der Waals surface area contributed by atoms with Gasteiger partial charge in [0.1, 0.15) is 5.69 Å². The quantitative estimate of drug-likeness (QED) is 0.594. The molecule has 16 heavy (non-hydrogen) atoms. The lowest BCUT2D eigenvalue weighted by atomic mass is 10.2. The highest BCUT2D eigenvalue weighted by Crippen LogP contribution is 1.94. The number of rotatable bonds is 3. The number of H-pyrrole nitrogens is 1. The van der Waals surface area contributed by atoms with Gasteiger partial charge in [0.15, 0.2) is 0 Å². The van der Waals surface area contributed by atoms with Gasteiger partial charge in [0.05, 0.1) is 6.21 Å². The molecule has 0 aliphatic heterocycles. The van der Waals surface area contributed by atoms with Gasteiger partial charge in [0.25, 0.3) is 5.91 Å². The molecule has 1 heterocycles. The molecule has 2 rings (SSSR count). The lowest BCUT2D eigenvalue weighted by Crippen LogP contribution is -2.17. The molecular formula is C11H10N4O. The molecule has 0 fully saturated rings. The van der Waals surface area contributed by atoms with Gasteiger partial charge in [0, 0.05) is 6.20 Å². The third kappa shape index (κ3) is 2.54. The Labute approximate surface area is 92.2 Å². The molecule has 1 aromatic heterocycles. The van der Waals surface area contributed by atoms with Crippen molar-refractivity contribution in [2.24, 2.45) is 5.10 Å². The minimum atomic E-state index is -0.315. The molecule has 2 aromatic rings. The van der Waals surface area contributed by atoms with Gasteiger partial charge in [-0.25, -0.2) is 5.43 Å². The maximum Gasteiger partial charge on any atom is 0.289 e. The zero-order valence-corrected chi connectivity index (χ0v) is 8.42. The SMILES string of the molecule is O=C(N/N=C\c1ccccc1)c1ccn[nH]1. The minimum absolute atomic E-state index is 0.315. The van der Waals surface area contributed by atoms with Gasteiger partial charge in [-0.1, -0.05) is 30.3 Å². The number of aromatic nitrogens is 2. The predicted octanol–water partition coefficient (Wildman–Crippen LogP) is 1.17. The number of hydrazone groups is 1. The van der Waals surface area contributed by atoms with E-state index in [1.165, 1.54) is 6.20 Å². The lowest BCUT2D eigenvalue weighted by Gasteiger charge is -1.95. The largest absolute Gasteiger partial charge is 0.289 e. The number of nitrogens with zero attached hydrogens (tertiary/aromatic N) is 2. The van der Waals surface area contributed by atoms with Crippen molar-refractivity contribution in [1.29, 1.82) is 0 Å². The van der Waals surface area contributed by atoms with E-state index < -0.39 is 0 Å². The van der Waals surface area contributed by atoms with Crippen LogP contribution in [0.15, 0.2) is 47.7 Å². The predicted molar refractivity (Wildman–Crippen MR) is 60.1 cm³/mol. The first-order chi connectivity index (χ1) is 7.86. The van der Waals surface area contributed by atoms with Crippen molar-refractivity contribution in [2.75, 3.05) is 0 Å². The van der Waals surface area contributed by atoms with E-state index in [-0.39, 0.29) is 5.91 Å².